The van der Waals surface area contributed by atoms with Crippen LogP contribution in [0.25, 0.3) is 0 Å². The summed E-state index contributed by atoms with van der Waals surface area (Å²) in [6, 6.07) is 13.9. The summed E-state index contributed by atoms with van der Waals surface area (Å²) < 4.78 is 0. The molecule has 0 amide bonds. The summed E-state index contributed by atoms with van der Waals surface area (Å²) in [5, 5.41) is 25.6. The van der Waals surface area contributed by atoms with Crippen molar-refractivity contribution >= 4 is 22.5 Å². The van der Waals surface area contributed by atoms with Crippen LogP contribution in [-0.4, -0.2) is 15.1 Å². The molecular weight excluding hydrogens is 302 g/mol. The van der Waals surface area contributed by atoms with E-state index in [4.69, 9.17) is 0 Å². The Morgan fingerprint density at radius 2 is 2.05 bits per heavy atom. The SMILES string of the molecule is O=[N+]([O-])c1ccc(O)c(C2NN=C(Cc3ccccc3)S2)c1. The number of hydrogen-bond acceptors (Lipinski definition) is 6. The molecule has 0 radical (unpaired) electrons. The first-order valence-corrected chi connectivity index (χ1v) is 7.51. The van der Waals surface area contributed by atoms with E-state index in [-0.39, 0.29) is 16.8 Å². The van der Waals surface area contributed by atoms with Gasteiger partial charge < -0.3 is 5.11 Å². The molecule has 1 atom stereocenters. The van der Waals surface area contributed by atoms with Gasteiger partial charge in [-0.25, -0.2) is 0 Å². The number of rotatable bonds is 4. The number of thioether (sulfide) groups is 1. The number of benzene rings is 2. The van der Waals surface area contributed by atoms with Gasteiger partial charge in [0.15, 0.2) is 0 Å². The van der Waals surface area contributed by atoms with Crippen LogP contribution in [-0.2, 0) is 6.42 Å². The fourth-order valence-electron chi connectivity index (χ4n) is 2.17. The zero-order valence-corrected chi connectivity index (χ0v) is 12.3. The molecule has 2 aromatic rings. The second-order valence-electron chi connectivity index (χ2n) is 4.80. The summed E-state index contributed by atoms with van der Waals surface area (Å²) >= 11 is 1.45. The lowest BCUT2D eigenvalue weighted by molar-refractivity contribution is -0.384. The Balaban J connectivity index is 1.74. The van der Waals surface area contributed by atoms with Gasteiger partial charge in [-0.1, -0.05) is 42.1 Å². The average Bonchev–Trinajstić information content (AvgIpc) is 2.97. The normalized spacial score (nSPS) is 16.9. The van der Waals surface area contributed by atoms with Crippen LogP contribution in [0, 0.1) is 10.1 Å². The molecule has 22 heavy (non-hydrogen) atoms. The Hall–Kier alpha value is -2.54. The maximum Gasteiger partial charge on any atom is 0.270 e. The highest BCUT2D eigenvalue weighted by Gasteiger charge is 2.25. The summed E-state index contributed by atoms with van der Waals surface area (Å²) in [6.45, 7) is 0. The predicted octanol–water partition coefficient (Wildman–Crippen LogP) is 3.19. The minimum absolute atomic E-state index is 0.0201. The van der Waals surface area contributed by atoms with Gasteiger partial charge in [0.05, 0.1) is 9.97 Å². The van der Waals surface area contributed by atoms with Crippen LogP contribution in [0.5, 0.6) is 5.75 Å². The van der Waals surface area contributed by atoms with Crippen molar-refractivity contribution in [2.24, 2.45) is 5.10 Å². The standard InChI is InChI=1S/C15H13N3O3S/c19-13-7-6-11(18(20)21)9-12(13)15-17-16-14(22-15)8-10-4-2-1-3-5-10/h1-7,9,15,17,19H,8H2. The van der Waals surface area contributed by atoms with Crippen molar-refractivity contribution in [1.29, 1.82) is 0 Å². The maximum absolute atomic E-state index is 10.9. The first-order valence-electron chi connectivity index (χ1n) is 6.63. The fraction of sp³-hybridized carbons (Fsp3) is 0.133. The molecule has 112 valence electrons. The van der Waals surface area contributed by atoms with Crippen LogP contribution in [0.4, 0.5) is 5.69 Å². The quantitative estimate of drug-likeness (QED) is 0.668. The fourth-order valence-corrected chi connectivity index (χ4v) is 3.22. The number of nitro benzene ring substituents is 1. The molecule has 7 heteroatoms. The Kier molecular flexibility index (Phi) is 3.97. The van der Waals surface area contributed by atoms with Gasteiger partial charge in [0.2, 0.25) is 0 Å². The highest BCUT2D eigenvalue weighted by atomic mass is 32.2. The van der Waals surface area contributed by atoms with Crippen LogP contribution in [0.15, 0.2) is 53.6 Å². The lowest BCUT2D eigenvalue weighted by atomic mass is 10.2. The molecule has 1 aliphatic heterocycles. The smallest absolute Gasteiger partial charge is 0.270 e. The van der Waals surface area contributed by atoms with Gasteiger partial charge in [-0.2, -0.15) is 5.10 Å². The van der Waals surface area contributed by atoms with E-state index in [9.17, 15) is 15.2 Å². The number of hydrazone groups is 1. The number of phenolic OH excluding ortho intramolecular Hbond substituents is 1. The van der Waals surface area contributed by atoms with Crippen molar-refractivity contribution in [3.8, 4) is 5.75 Å². The summed E-state index contributed by atoms with van der Waals surface area (Å²) in [5.41, 5.74) is 4.47. The molecule has 0 saturated carbocycles. The van der Waals surface area contributed by atoms with Crippen LogP contribution in [0.1, 0.15) is 16.5 Å². The van der Waals surface area contributed by atoms with Crippen molar-refractivity contribution in [3.05, 3.63) is 69.8 Å². The van der Waals surface area contributed by atoms with Crippen LogP contribution in [0.3, 0.4) is 0 Å². The number of nitrogens with one attached hydrogen (secondary N) is 1. The monoisotopic (exact) mass is 315 g/mol. The third-order valence-corrected chi connectivity index (χ3v) is 4.37. The Morgan fingerprint density at radius 1 is 1.27 bits per heavy atom. The maximum atomic E-state index is 10.9. The third-order valence-electron chi connectivity index (χ3n) is 3.26. The highest BCUT2D eigenvalue weighted by molar-refractivity contribution is 8.14. The molecule has 0 aliphatic carbocycles. The van der Waals surface area contributed by atoms with Gasteiger partial charge in [-0.15, -0.1) is 0 Å². The topological polar surface area (TPSA) is 87.8 Å². The lowest BCUT2D eigenvalue weighted by Gasteiger charge is -2.11. The van der Waals surface area contributed by atoms with E-state index in [0.717, 1.165) is 10.6 Å². The largest absolute Gasteiger partial charge is 0.508 e. The van der Waals surface area contributed by atoms with Crippen LogP contribution in [0.2, 0.25) is 0 Å². The van der Waals surface area contributed by atoms with Crippen LogP contribution < -0.4 is 5.43 Å². The van der Waals surface area contributed by atoms with E-state index in [1.54, 1.807) is 0 Å². The molecule has 0 bridgehead atoms. The molecule has 0 aromatic heterocycles. The van der Waals surface area contributed by atoms with E-state index in [1.807, 2.05) is 30.3 Å². The van der Waals surface area contributed by atoms with Crippen molar-refractivity contribution in [3.63, 3.8) is 0 Å². The number of non-ortho nitro benzene ring substituents is 1. The Labute approximate surface area is 131 Å². The number of nitrogens with zero attached hydrogens (tertiary/aromatic N) is 2. The predicted molar refractivity (Wildman–Crippen MR) is 85.8 cm³/mol. The summed E-state index contributed by atoms with van der Waals surface area (Å²) in [4.78, 5) is 10.4. The number of aromatic hydroxyl groups is 1. The van der Waals surface area contributed by atoms with Gasteiger partial charge in [-0.3, -0.25) is 15.5 Å². The van der Waals surface area contributed by atoms with Gasteiger partial charge >= 0.3 is 0 Å². The second-order valence-corrected chi connectivity index (χ2v) is 5.97. The highest BCUT2D eigenvalue weighted by Crippen LogP contribution is 2.38. The van der Waals surface area contributed by atoms with Crippen molar-refractivity contribution in [1.82, 2.24) is 5.43 Å². The molecule has 1 heterocycles. The van der Waals surface area contributed by atoms with Crippen molar-refractivity contribution < 1.29 is 10.0 Å². The lowest BCUT2D eigenvalue weighted by Crippen LogP contribution is -2.07. The molecule has 3 rings (SSSR count). The summed E-state index contributed by atoms with van der Waals surface area (Å²) in [6.07, 6.45) is 0.685. The molecule has 0 fully saturated rings. The molecule has 0 spiro atoms. The number of phenols is 1. The Bertz CT molecular complexity index is 734. The minimum atomic E-state index is -0.478. The molecule has 1 unspecified atom stereocenters. The minimum Gasteiger partial charge on any atom is -0.508 e. The number of nitro groups is 1. The van der Waals surface area contributed by atoms with Gasteiger partial charge in [0.1, 0.15) is 11.1 Å². The zero-order valence-electron chi connectivity index (χ0n) is 11.5. The first-order chi connectivity index (χ1) is 10.6. The third kappa shape index (κ3) is 3.04. The summed E-state index contributed by atoms with van der Waals surface area (Å²) in [5.74, 6) is 0.0201. The van der Waals surface area contributed by atoms with Gasteiger partial charge in [0.25, 0.3) is 5.69 Å². The van der Waals surface area contributed by atoms with Crippen LogP contribution >= 0.6 is 11.8 Å². The molecule has 6 nitrogen and oxygen atoms in total. The first kappa shape index (κ1) is 14.4. The van der Waals surface area contributed by atoms with Crippen molar-refractivity contribution in [2.45, 2.75) is 11.8 Å². The second kappa shape index (κ2) is 6.07. The molecule has 2 N–H and O–H groups in total. The molecule has 1 aliphatic rings. The van der Waals surface area contributed by atoms with E-state index >= 15 is 0 Å². The number of hydrogen-bond donors (Lipinski definition) is 2. The van der Waals surface area contributed by atoms with E-state index < -0.39 is 4.92 Å². The summed E-state index contributed by atoms with van der Waals surface area (Å²) in [7, 11) is 0. The molecular formula is C15H13N3O3S. The van der Waals surface area contributed by atoms with Gasteiger partial charge in [-0.05, 0) is 11.6 Å². The van der Waals surface area contributed by atoms with E-state index in [1.165, 1.54) is 30.0 Å². The van der Waals surface area contributed by atoms with Crippen molar-refractivity contribution in [2.75, 3.05) is 0 Å². The van der Waals surface area contributed by atoms with E-state index in [2.05, 4.69) is 10.5 Å². The zero-order chi connectivity index (χ0) is 15.5. The molecule has 0 saturated heterocycles. The van der Waals surface area contributed by atoms with E-state index in [0.29, 0.717) is 12.0 Å². The van der Waals surface area contributed by atoms with Gasteiger partial charge in [0, 0.05) is 24.1 Å². The Morgan fingerprint density at radius 3 is 2.77 bits per heavy atom. The molecule has 2 aromatic carbocycles. The average molecular weight is 315 g/mol.